The summed E-state index contributed by atoms with van der Waals surface area (Å²) < 4.78 is 105. The Bertz CT molecular complexity index is 1170. The van der Waals surface area contributed by atoms with E-state index in [0.29, 0.717) is 17.7 Å². The van der Waals surface area contributed by atoms with Gasteiger partial charge in [-0.1, -0.05) is 29.8 Å². The van der Waals surface area contributed by atoms with Crippen LogP contribution in [-0.2, 0) is 26.8 Å². The van der Waals surface area contributed by atoms with Gasteiger partial charge in [0.1, 0.15) is 0 Å². The lowest BCUT2D eigenvalue weighted by atomic mass is 9.92. The number of nitrogens with one attached hydrogen (secondary N) is 2. The van der Waals surface area contributed by atoms with E-state index in [2.05, 4.69) is 10.0 Å². The molecule has 0 radical (unpaired) electrons. The Balaban J connectivity index is 1.71. The molecule has 0 aromatic heterocycles. The zero-order chi connectivity index (χ0) is 25.5. The molecule has 34 heavy (non-hydrogen) atoms. The van der Waals surface area contributed by atoms with Crippen molar-refractivity contribution in [2.24, 2.45) is 0 Å². The standard InChI is InChI=1S/C20H17ClF6N2O4S/c21-16-10-13(5-8-15(16)18(31,19(22,23)24)20(25,26)27)28-17(30)9-11-1-6-14(7-2-11)34(32,33)29-12-3-4-12/h1-2,5-8,10,12,29,31H,3-4,9H2,(H,28,30). The van der Waals surface area contributed by atoms with Crippen LogP contribution in [0.1, 0.15) is 24.0 Å². The zero-order valence-corrected chi connectivity index (χ0v) is 18.5. The van der Waals surface area contributed by atoms with E-state index in [-0.39, 0.29) is 23.0 Å². The fourth-order valence-corrected chi connectivity index (χ4v) is 4.64. The zero-order valence-electron chi connectivity index (χ0n) is 17.0. The normalized spacial score (nSPS) is 15.3. The number of anilines is 1. The molecule has 14 heteroatoms. The van der Waals surface area contributed by atoms with E-state index in [1.54, 1.807) is 0 Å². The van der Waals surface area contributed by atoms with Crippen LogP contribution < -0.4 is 10.0 Å². The second-order valence-corrected chi connectivity index (χ2v) is 9.79. The predicted molar refractivity (Wildman–Crippen MR) is 110 cm³/mol. The number of benzene rings is 2. The van der Waals surface area contributed by atoms with Crippen molar-refractivity contribution in [1.29, 1.82) is 0 Å². The van der Waals surface area contributed by atoms with Crippen LogP contribution in [0.5, 0.6) is 0 Å². The molecular formula is C20H17ClF6N2O4S. The molecule has 0 saturated heterocycles. The van der Waals surface area contributed by atoms with Gasteiger partial charge in [0.05, 0.1) is 11.3 Å². The average Bonchev–Trinajstić information content (AvgIpc) is 3.49. The van der Waals surface area contributed by atoms with Crippen molar-refractivity contribution in [3.8, 4) is 0 Å². The third-order valence-electron chi connectivity index (χ3n) is 4.96. The van der Waals surface area contributed by atoms with Crippen LogP contribution in [0.4, 0.5) is 32.0 Å². The summed E-state index contributed by atoms with van der Waals surface area (Å²) in [5.41, 5.74) is -6.65. The third kappa shape index (κ3) is 5.48. The van der Waals surface area contributed by atoms with Crippen LogP contribution in [-0.4, -0.2) is 37.8 Å². The maximum Gasteiger partial charge on any atom is 0.430 e. The third-order valence-corrected chi connectivity index (χ3v) is 6.81. The van der Waals surface area contributed by atoms with Crippen LogP contribution in [0, 0.1) is 0 Å². The molecule has 2 aromatic rings. The van der Waals surface area contributed by atoms with Gasteiger partial charge >= 0.3 is 12.4 Å². The van der Waals surface area contributed by atoms with E-state index in [1.807, 2.05) is 0 Å². The highest BCUT2D eigenvalue weighted by Gasteiger charge is 2.72. The van der Waals surface area contributed by atoms with Crippen LogP contribution in [0.25, 0.3) is 0 Å². The van der Waals surface area contributed by atoms with Crippen LogP contribution in [0.15, 0.2) is 47.4 Å². The molecule has 0 bridgehead atoms. The van der Waals surface area contributed by atoms with Crippen molar-refractivity contribution >= 4 is 33.2 Å². The van der Waals surface area contributed by atoms with Crippen molar-refractivity contribution in [2.45, 2.75) is 48.2 Å². The lowest BCUT2D eigenvalue weighted by molar-refractivity contribution is -0.376. The lowest BCUT2D eigenvalue weighted by Gasteiger charge is -2.33. The number of sulfonamides is 1. The quantitative estimate of drug-likeness (QED) is 0.466. The van der Waals surface area contributed by atoms with E-state index >= 15 is 0 Å². The van der Waals surface area contributed by atoms with E-state index in [0.717, 1.165) is 18.9 Å². The summed E-state index contributed by atoms with van der Waals surface area (Å²) in [6.07, 6.45) is -11.0. The lowest BCUT2D eigenvalue weighted by Crippen LogP contribution is -2.54. The van der Waals surface area contributed by atoms with E-state index < -0.39 is 44.5 Å². The summed E-state index contributed by atoms with van der Waals surface area (Å²) in [6.45, 7) is 0. The molecule has 6 nitrogen and oxygen atoms in total. The Labute approximate surface area is 195 Å². The SMILES string of the molecule is O=C(Cc1ccc(S(=O)(=O)NC2CC2)cc1)Nc1ccc(C(O)(C(F)(F)F)C(F)(F)F)c(Cl)c1. The Morgan fingerprint density at radius 1 is 1.00 bits per heavy atom. The summed E-state index contributed by atoms with van der Waals surface area (Å²) in [5, 5.41) is 10.7. The molecule has 0 aliphatic heterocycles. The molecule has 1 fully saturated rings. The first-order valence-corrected chi connectivity index (χ1v) is 11.5. The van der Waals surface area contributed by atoms with Crippen molar-refractivity contribution in [2.75, 3.05) is 5.32 Å². The van der Waals surface area contributed by atoms with Crippen molar-refractivity contribution in [3.63, 3.8) is 0 Å². The fraction of sp³-hybridized carbons (Fsp3) is 0.350. The van der Waals surface area contributed by atoms with Gasteiger partial charge in [-0.3, -0.25) is 4.79 Å². The number of halogens is 7. The molecule has 2 aromatic carbocycles. The Hall–Kier alpha value is -2.35. The first kappa shape index (κ1) is 26.3. The smallest absolute Gasteiger partial charge is 0.369 e. The molecular weight excluding hydrogens is 514 g/mol. The summed E-state index contributed by atoms with van der Waals surface area (Å²) in [6, 6.07) is 7.01. The van der Waals surface area contributed by atoms with Gasteiger partial charge in [0, 0.05) is 22.3 Å². The molecule has 3 N–H and O–H groups in total. The molecule has 0 spiro atoms. The number of rotatable bonds is 7. The Kier molecular flexibility index (Phi) is 6.97. The number of alkyl halides is 6. The highest BCUT2D eigenvalue weighted by atomic mass is 35.5. The second-order valence-electron chi connectivity index (χ2n) is 7.67. The molecule has 0 atom stereocenters. The van der Waals surface area contributed by atoms with Gasteiger partial charge in [-0.2, -0.15) is 26.3 Å². The molecule has 1 aliphatic rings. The van der Waals surface area contributed by atoms with Gasteiger partial charge in [0.2, 0.25) is 15.9 Å². The van der Waals surface area contributed by atoms with Gasteiger partial charge in [0.15, 0.2) is 0 Å². The number of hydrogen-bond acceptors (Lipinski definition) is 4. The largest absolute Gasteiger partial charge is 0.430 e. The predicted octanol–water partition coefficient (Wildman–Crippen LogP) is 4.27. The molecule has 186 valence electrons. The number of aliphatic hydroxyl groups is 1. The molecule has 1 aliphatic carbocycles. The highest BCUT2D eigenvalue weighted by Crippen LogP contribution is 2.51. The fourth-order valence-electron chi connectivity index (χ4n) is 3.02. The maximum atomic E-state index is 13.0. The number of hydrogen-bond donors (Lipinski definition) is 3. The number of carbonyl (C=O) groups is 1. The van der Waals surface area contributed by atoms with Gasteiger partial charge in [0.25, 0.3) is 5.60 Å². The van der Waals surface area contributed by atoms with Crippen molar-refractivity contribution in [3.05, 3.63) is 58.6 Å². The average molecular weight is 531 g/mol. The highest BCUT2D eigenvalue weighted by molar-refractivity contribution is 7.89. The Morgan fingerprint density at radius 3 is 2.03 bits per heavy atom. The van der Waals surface area contributed by atoms with E-state index in [4.69, 9.17) is 11.6 Å². The molecule has 0 heterocycles. The summed E-state index contributed by atoms with van der Waals surface area (Å²) in [5.74, 6) is -0.697. The van der Waals surface area contributed by atoms with Gasteiger partial charge in [-0.15, -0.1) is 0 Å². The van der Waals surface area contributed by atoms with Crippen molar-refractivity contribution < 1.29 is 44.7 Å². The first-order chi connectivity index (χ1) is 15.5. The molecule has 3 rings (SSSR count). The van der Waals surface area contributed by atoms with E-state index in [9.17, 15) is 44.7 Å². The topological polar surface area (TPSA) is 95.5 Å². The minimum absolute atomic E-state index is 0.00717. The Morgan fingerprint density at radius 2 is 1.56 bits per heavy atom. The van der Waals surface area contributed by atoms with Gasteiger partial charge in [-0.25, -0.2) is 13.1 Å². The summed E-state index contributed by atoms with van der Waals surface area (Å²) in [4.78, 5) is 12.2. The van der Waals surface area contributed by atoms with Crippen LogP contribution in [0.3, 0.4) is 0 Å². The van der Waals surface area contributed by atoms with Crippen molar-refractivity contribution in [1.82, 2.24) is 4.72 Å². The monoisotopic (exact) mass is 530 g/mol. The van der Waals surface area contributed by atoms with E-state index in [1.165, 1.54) is 24.3 Å². The maximum absolute atomic E-state index is 13.0. The minimum Gasteiger partial charge on any atom is -0.369 e. The number of amides is 1. The first-order valence-electron chi connectivity index (χ1n) is 9.61. The molecule has 1 amide bonds. The summed E-state index contributed by atoms with van der Waals surface area (Å²) in [7, 11) is -3.68. The van der Waals surface area contributed by atoms with Gasteiger partial charge < -0.3 is 10.4 Å². The molecule has 0 unspecified atom stereocenters. The van der Waals surface area contributed by atoms with Gasteiger partial charge in [-0.05, 0) is 42.7 Å². The number of carbonyl (C=O) groups excluding carboxylic acids is 1. The summed E-state index contributed by atoms with van der Waals surface area (Å²) >= 11 is 5.60. The minimum atomic E-state index is -6.10. The van der Waals surface area contributed by atoms with Crippen LogP contribution in [0.2, 0.25) is 5.02 Å². The van der Waals surface area contributed by atoms with Crippen LogP contribution >= 0.6 is 11.6 Å². The second kappa shape index (κ2) is 9.02. The molecule has 1 saturated carbocycles.